The number of nitrogens with one attached hydrogen (secondary N) is 1. The van der Waals surface area contributed by atoms with Crippen molar-refractivity contribution >= 4 is 17.2 Å². The summed E-state index contributed by atoms with van der Waals surface area (Å²) in [7, 11) is 1.43. The van der Waals surface area contributed by atoms with E-state index in [2.05, 4.69) is 39.2 Å². The highest BCUT2D eigenvalue weighted by Crippen LogP contribution is 2.29. The van der Waals surface area contributed by atoms with Crippen molar-refractivity contribution in [2.45, 2.75) is 13.5 Å². The number of nitrogens with zero attached hydrogens (tertiary/aromatic N) is 4. The SMILES string of the molecule is CCN1CCN(c2ccc(CNc3ccc([N+](=O)[O-])c(OC)c3)cn2)CC1. The molecule has 1 N–H and O–H groups in total. The molecule has 0 unspecified atom stereocenters. The molecule has 1 saturated heterocycles. The van der Waals surface area contributed by atoms with Crippen LogP contribution < -0.4 is 15.0 Å². The van der Waals surface area contributed by atoms with Crippen LogP contribution in [0.1, 0.15) is 12.5 Å². The number of aromatic nitrogens is 1. The highest BCUT2D eigenvalue weighted by Gasteiger charge is 2.17. The molecular weight excluding hydrogens is 346 g/mol. The summed E-state index contributed by atoms with van der Waals surface area (Å²) in [5, 5.41) is 14.2. The van der Waals surface area contributed by atoms with E-state index < -0.39 is 4.92 Å². The molecule has 3 rings (SSSR count). The largest absolute Gasteiger partial charge is 0.490 e. The van der Waals surface area contributed by atoms with Crippen LogP contribution in [0, 0.1) is 10.1 Å². The van der Waals surface area contributed by atoms with Crippen LogP contribution in [0.5, 0.6) is 5.75 Å². The van der Waals surface area contributed by atoms with Crippen molar-refractivity contribution in [2.75, 3.05) is 50.1 Å². The van der Waals surface area contributed by atoms with Crippen molar-refractivity contribution in [3.63, 3.8) is 0 Å². The number of nitro benzene ring substituents is 1. The second-order valence-electron chi connectivity index (χ2n) is 6.44. The summed E-state index contributed by atoms with van der Waals surface area (Å²) in [6.45, 7) is 8.02. The van der Waals surface area contributed by atoms with Gasteiger partial charge >= 0.3 is 5.69 Å². The highest BCUT2D eigenvalue weighted by atomic mass is 16.6. The summed E-state index contributed by atoms with van der Waals surface area (Å²) in [6.07, 6.45) is 1.87. The van der Waals surface area contributed by atoms with Crippen LogP contribution in [0.25, 0.3) is 0 Å². The highest BCUT2D eigenvalue weighted by molar-refractivity contribution is 5.58. The van der Waals surface area contributed by atoms with Gasteiger partial charge in [-0.2, -0.15) is 0 Å². The van der Waals surface area contributed by atoms with E-state index in [0.29, 0.717) is 6.54 Å². The number of likely N-dealkylation sites (N-methyl/N-ethyl adjacent to an activating group) is 1. The predicted molar refractivity (Wildman–Crippen MR) is 106 cm³/mol. The van der Waals surface area contributed by atoms with Gasteiger partial charge in [0, 0.05) is 56.7 Å². The summed E-state index contributed by atoms with van der Waals surface area (Å²) in [6, 6.07) is 8.86. The summed E-state index contributed by atoms with van der Waals surface area (Å²) >= 11 is 0. The van der Waals surface area contributed by atoms with Gasteiger partial charge in [0.25, 0.3) is 0 Å². The van der Waals surface area contributed by atoms with Crippen molar-refractivity contribution in [2.24, 2.45) is 0 Å². The number of anilines is 2. The van der Waals surface area contributed by atoms with Gasteiger partial charge in [-0.1, -0.05) is 13.0 Å². The second-order valence-corrected chi connectivity index (χ2v) is 6.44. The van der Waals surface area contributed by atoms with Crippen LogP contribution in [0.3, 0.4) is 0 Å². The molecule has 0 aliphatic carbocycles. The molecule has 1 aromatic carbocycles. The molecule has 0 radical (unpaired) electrons. The number of methoxy groups -OCH3 is 1. The fourth-order valence-electron chi connectivity index (χ4n) is 3.14. The topological polar surface area (TPSA) is 83.8 Å². The minimum absolute atomic E-state index is 0.0442. The van der Waals surface area contributed by atoms with Gasteiger partial charge in [-0.15, -0.1) is 0 Å². The fraction of sp³-hybridized carbons (Fsp3) is 0.421. The maximum absolute atomic E-state index is 11.0. The maximum Gasteiger partial charge on any atom is 0.311 e. The number of hydrogen-bond donors (Lipinski definition) is 1. The van der Waals surface area contributed by atoms with E-state index in [4.69, 9.17) is 4.74 Å². The summed E-state index contributed by atoms with van der Waals surface area (Å²) in [4.78, 5) is 19.8. The normalized spacial score (nSPS) is 14.8. The molecule has 2 heterocycles. The molecule has 1 fully saturated rings. The molecule has 0 saturated carbocycles. The van der Waals surface area contributed by atoms with Gasteiger partial charge < -0.3 is 19.9 Å². The molecule has 1 aromatic heterocycles. The van der Waals surface area contributed by atoms with Gasteiger partial charge in [-0.3, -0.25) is 10.1 Å². The van der Waals surface area contributed by atoms with Crippen molar-refractivity contribution in [3.8, 4) is 5.75 Å². The van der Waals surface area contributed by atoms with Crippen LogP contribution >= 0.6 is 0 Å². The molecule has 0 atom stereocenters. The van der Waals surface area contributed by atoms with E-state index in [-0.39, 0.29) is 11.4 Å². The van der Waals surface area contributed by atoms with Crippen molar-refractivity contribution in [1.29, 1.82) is 0 Å². The Morgan fingerprint density at radius 3 is 2.59 bits per heavy atom. The second kappa shape index (κ2) is 8.68. The Bertz CT molecular complexity index is 773. The molecule has 8 nitrogen and oxygen atoms in total. The van der Waals surface area contributed by atoms with Gasteiger partial charge in [-0.25, -0.2) is 4.98 Å². The smallest absolute Gasteiger partial charge is 0.311 e. The van der Waals surface area contributed by atoms with Gasteiger partial charge in [0.1, 0.15) is 5.82 Å². The number of pyridine rings is 1. The zero-order chi connectivity index (χ0) is 19.2. The van der Waals surface area contributed by atoms with Crippen molar-refractivity contribution in [1.82, 2.24) is 9.88 Å². The first-order valence-electron chi connectivity index (χ1n) is 9.09. The van der Waals surface area contributed by atoms with E-state index in [0.717, 1.165) is 49.8 Å². The lowest BCUT2D eigenvalue weighted by Gasteiger charge is -2.34. The van der Waals surface area contributed by atoms with Crippen LogP contribution in [0.2, 0.25) is 0 Å². The molecule has 0 bridgehead atoms. The third kappa shape index (κ3) is 4.65. The molecule has 8 heteroatoms. The number of nitro groups is 1. The Kier molecular flexibility index (Phi) is 6.08. The van der Waals surface area contributed by atoms with E-state index in [9.17, 15) is 10.1 Å². The van der Waals surface area contributed by atoms with Crippen LogP contribution in [0.4, 0.5) is 17.2 Å². The van der Waals surface area contributed by atoms with E-state index in [1.807, 2.05) is 6.20 Å². The standard InChI is InChI=1S/C19H25N5O3/c1-3-22-8-10-23(11-9-22)19-7-4-15(14-21-19)13-20-16-5-6-17(24(25)26)18(12-16)27-2/h4-7,12,14,20H,3,8-11,13H2,1-2H3. The lowest BCUT2D eigenvalue weighted by atomic mass is 10.2. The Morgan fingerprint density at radius 1 is 1.22 bits per heavy atom. The fourth-order valence-corrected chi connectivity index (χ4v) is 3.14. The number of ether oxygens (including phenoxy) is 1. The number of hydrogen-bond acceptors (Lipinski definition) is 7. The van der Waals surface area contributed by atoms with Gasteiger partial charge in [0.2, 0.25) is 0 Å². The van der Waals surface area contributed by atoms with Gasteiger partial charge in [0.05, 0.1) is 12.0 Å². The zero-order valence-corrected chi connectivity index (χ0v) is 15.7. The molecule has 1 aliphatic heterocycles. The Labute approximate surface area is 158 Å². The summed E-state index contributed by atoms with van der Waals surface area (Å²) in [5.74, 6) is 1.25. The lowest BCUT2D eigenvalue weighted by Crippen LogP contribution is -2.46. The zero-order valence-electron chi connectivity index (χ0n) is 15.7. The van der Waals surface area contributed by atoms with Gasteiger partial charge in [0.15, 0.2) is 5.75 Å². The molecule has 2 aromatic rings. The minimum Gasteiger partial charge on any atom is -0.490 e. The van der Waals surface area contributed by atoms with Crippen LogP contribution in [-0.2, 0) is 6.54 Å². The number of piperazine rings is 1. The van der Waals surface area contributed by atoms with Crippen LogP contribution in [0.15, 0.2) is 36.5 Å². The minimum atomic E-state index is -0.453. The first-order valence-corrected chi connectivity index (χ1v) is 9.09. The molecular formula is C19H25N5O3. The van der Waals surface area contributed by atoms with Crippen LogP contribution in [-0.4, -0.2) is 54.6 Å². The molecule has 1 aliphatic rings. The van der Waals surface area contributed by atoms with Crippen molar-refractivity contribution < 1.29 is 9.66 Å². The Morgan fingerprint density at radius 2 is 2.00 bits per heavy atom. The van der Waals surface area contributed by atoms with E-state index in [1.165, 1.54) is 13.2 Å². The van der Waals surface area contributed by atoms with E-state index in [1.54, 1.807) is 12.1 Å². The summed E-state index contributed by atoms with van der Waals surface area (Å²) < 4.78 is 5.09. The Balaban J connectivity index is 1.58. The molecule has 0 amide bonds. The predicted octanol–water partition coefficient (Wildman–Crippen LogP) is 2.75. The maximum atomic E-state index is 11.0. The number of benzene rings is 1. The quantitative estimate of drug-likeness (QED) is 0.592. The third-order valence-corrected chi connectivity index (χ3v) is 4.83. The van der Waals surface area contributed by atoms with E-state index >= 15 is 0 Å². The average Bonchev–Trinajstić information content (AvgIpc) is 2.72. The molecule has 144 valence electrons. The monoisotopic (exact) mass is 371 g/mol. The molecule has 0 spiro atoms. The van der Waals surface area contributed by atoms with Crippen molar-refractivity contribution in [3.05, 3.63) is 52.2 Å². The lowest BCUT2D eigenvalue weighted by molar-refractivity contribution is -0.385. The average molecular weight is 371 g/mol. The number of rotatable bonds is 7. The first-order chi connectivity index (χ1) is 13.1. The first kappa shape index (κ1) is 18.9. The Hall–Kier alpha value is -2.87. The molecule has 27 heavy (non-hydrogen) atoms. The van der Waals surface area contributed by atoms with Gasteiger partial charge in [-0.05, 0) is 24.2 Å². The third-order valence-electron chi connectivity index (χ3n) is 4.83. The summed E-state index contributed by atoms with van der Waals surface area (Å²) in [5.41, 5.74) is 1.76.